The Labute approximate surface area is 174 Å². The second kappa shape index (κ2) is 8.65. The van der Waals surface area contributed by atoms with E-state index in [1.165, 1.54) is 24.3 Å². The van der Waals surface area contributed by atoms with Crippen molar-refractivity contribution in [2.75, 3.05) is 0 Å². The maximum absolute atomic E-state index is 13.2. The molecule has 2 aromatic rings. The summed E-state index contributed by atoms with van der Waals surface area (Å²) in [5.41, 5.74) is 5.62. The molecule has 1 saturated carbocycles. The number of hydrazine groups is 1. The van der Waals surface area contributed by atoms with E-state index in [4.69, 9.17) is 0 Å². The Morgan fingerprint density at radius 1 is 0.867 bits per heavy atom. The first kappa shape index (κ1) is 20.1. The molecule has 2 N–H and O–H groups in total. The monoisotopic (exact) mass is 409 g/mol. The highest BCUT2D eigenvalue weighted by atomic mass is 19.1. The third-order valence-electron chi connectivity index (χ3n) is 6.05. The number of nitrogens with zero attached hydrogens (tertiary/aromatic N) is 1. The minimum absolute atomic E-state index is 0.0370. The molecule has 1 aliphatic heterocycles. The third kappa shape index (κ3) is 4.06. The van der Waals surface area contributed by atoms with Crippen LogP contribution in [0.3, 0.4) is 0 Å². The summed E-state index contributed by atoms with van der Waals surface area (Å²) in [4.78, 5) is 40.1. The lowest BCUT2D eigenvalue weighted by Crippen LogP contribution is -2.53. The largest absolute Gasteiger partial charge is 0.323 e. The highest BCUT2D eigenvalue weighted by Gasteiger charge is 2.47. The fraction of sp³-hybridized carbons (Fsp3) is 0.348. The lowest BCUT2D eigenvalue weighted by Gasteiger charge is -2.33. The van der Waals surface area contributed by atoms with Crippen LogP contribution in [0.5, 0.6) is 0 Å². The van der Waals surface area contributed by atoms with Gasteiger partial charge in [-0.05, 0) is 61.6 Å². The zero-order valence-electron chi connectivity index (χ0n) is 16.5. The third-order valence-corrected chi connectivity index (χ3v) is 6.05. The molecule has 2 aromatic carbocycles. The van der Waals surface area contributed by atoms with Gasteiger partial charge < -0.3 is 4.90 Å². The molecule has 6 nitrogen and oxygen atoms in total. The standard InChI is InChI=1S/C23H24FN3O3/c24-18-12-10-15(11-13-18)21(28)25-26-22(29)20-14-17-8-4-5-9-19(17)27(20)23(30)16-6-2-1-3-7-16/h1-3,6-7,10-13,17,19-20H,4-5,8-9,14H2,(H,25,28)(H,26,29). The molecule has 156 valence electrons. The van der Waals surface area contributed by atoms with Crippen LogP contribution < -0.4 is 10.9 Å². The van der Waals surface area contributed by atoms with E-state index >= 15 is 0 Å². The van der Waals surface area contributed by atoms with Crippen molar-refractivity contribution in [2.24, 2.45) is 5.92 Å². The number of hydrogen-bond donors (Lipinski definition) is 2. The van der Waals surface area contributed by atoms with E-state index in [-0.39, 0.29) is 23.4 Å². The van der Waals surface area contributed by atoms with E-state index in [2.05, 4.69) is 10.9 Å². The molecule has 3 atom stereocenters. The van der Waals surface area contributed by atoms with Gasteiger partial charge in [0.15, 0.2) is 0 Å². The number of carbonyl (C=O) groups excluding carboxylic acids is 3. The number of halogens is 1. The number of nitrogens with one attached hydrogen (secondary N) is 2. The van der Waals surface area contributed by atoms with Crippen LogP contribution in [0.25, 0.3) is 0 Å². The van der Waals surface area contributed by atoms with Crippen LogP contribution in [0.4, 0.5) is 4.39 Å². The van der Waals surface area contributed by atoms with Crippen LogP contribution in [-0.2, 0) is 4.79 Å². The summed E-state index contributed by atoms with van der Waals surface area (Å²) in [6.45, 7) is 0. The lowest BCUT2D eigenvalue weighted by atomic mass is 9.84. The lowest BCUT2D eigenvalue weighted by molar-refractivity contribution is -0.126. The molecule has 0 bridgehead atoms. The van der Waals surface area contributed by atoms with Gasteiger partial charge in [-0.3, -0.25) is 25.2 Å². The molecular weight excluding hydrogens is 385 g/mol. The highest BCUT2D eigenvalue weighted by molar-refractivity contribution is 5.99. The normalized spacial score (nSPS) is 22.8. The second-order valence-electron chi connectivity index (χ2n) is 7.89. The molecule has 3 unspecified atom stereocenters. The first-order valence-corrected chi connectivity index (χ1v) is 10.3. The van der Waals surface area contributed by atoms with E-state index in [0.717, 1.165) is 25.7 Å². The van der Waals surface area contributed by atoms with Crippen molar-refractivity contribution >= 4 is 17.7 Å². The van der Waals surface area contributed by atoms with E-state index < -0.39 is 23.7 Å². The van der Waals surface area contributed by atoms with Crippen LogP contribution in [0.15, 0.2) is 54.6 Å². The molecule has 2 fully saturated rings. The summed E-state index contributed by atoms with van der Waals surface area (Å²) in [5.74, 6) is -1.27. The zero-order valence-corrected chi connectivity index (χ0v) is 16.5. The number of fused-ring (bicyclic) bond motifs is 1. The molecule has 0 spiro atoms. The van der Waals surface area contributed by atoms with Crippen molar-refractivity contribution in [3.8, 4) is 0 Å². The van der Waals surface area contributed by atoms with Gasteiger partial charge in [0.2, 0.25) is 0 Å². The Bertz CT molecular complexity index is 932. The number of amides is 3. The van der Waals surface area contributed by atoms with Crippen molar-refractivity contribution in [3.63, 3.8) is 0 Å². The number of benzene rings is 2. The summed E-state index contributed by atoms with van der Waals surface area (Å²) in [6, 6.07) is 13.4. The van der Waals surface area contributed by atoms with Crippen molar-refractivity contribution < 1.29 is 18.8 Å². The first-order valence-electron chi connectivity index (χ1n) is 10.3. The second-order valence-corrected chi connectivity index (χ2v) is 7.89. The highest BCUT2D eigenvalue weighted by Crippen LogP contribution is 2.40. The molecule has 3 amide bonds. The van der Waals surface area contributed by atoms with Gasteiger partial charge in [0.05, 0.1) is 0 Å². The summed E-state index contributed by atoms with van der Waals surface area (Å²) >= 11 is 0. The van der Waals surface area contributed by atoms with Gasteiger partial charge in [-0.25, -0.2) is 4.39 Å². The number of carbonyl (C=O) groups is 3. The van der Waals surface area contributed by atoms with Crippen LogP contribution in [0, 0.1) is 11.7 Å². The van der Waals surface area contributed by atoms with Gasteiger partial charge in [0.1, 0.15) is 11.9 Å². The van der Waals surface area contributed by atoms with Crippen LogP contribution in [0.2, 0.25) is 0 Å². The van der Waals surface area contributed by atoms with E-state index in [9.17, 15) is 18.8 Å². The van der Waals surface area contributed by atoms with Gasteiger partial charge in [0.25, 0.3) is 17.7 Å². The smallest absolute Gasteiger partial charge is 0.269 e. The van der Waals surface area contributed by atoms with Crippen LogP contribution in [-0.4, -0.2) is 34.7 Å². The van der Waals surface area contributed by atoms with Crippen molar-refractivity contribution in [3.05, 3.63) is 71.5 Å². The molecule has 30 heavy (non-hydrogen) atoms. The summed E-state index contributed by atoms with van der Waals surface area (Å²) < 4.78 is 13.0. The molecule has 7 heteroatoms. The summed E-state index contributed by atoms with van der Waals surface area (Å²) in [5, 5.41) is 0. The maximum atomic E-state index is 13.2. The topological polar surface area (TPSA) is 78.5 Å². The molecule has 4 rings (SSSR count). The molecule has 2 aliphatic rings. The Balaban J connectivity index is 1.48. The minimum atomic E-state index is -0.640. The Morgan fingerprint density at radius 2 is 1.57 bits per heavy atom. The minimum Gasteiger partial charge on any atom is -0.323 e. The predicted molar refractivity (Wildman–Crippen MR) is 109 cm³/mol. The average molecular weight is 409 g/mol. The van der Waals surface area contributed by atoms with Crippen LogP contribution in [0.1, 0.15) is 52.8 Å². The van der Waals surface area contributed by atoms with Crippen molar-refractivity contribution in [1.82, 2.24) is 15.8 Å². The molecule has 1 heterocycles. The maximum Gasteiger partial charge on any atom is 0.269 e. The molecule has 0 aromatic heterocycles. The summed E-state index contributed by atoms with van der Waals surface area (Å²) in [6.07, 6.45) is 4.60. The van der Waals surface area contributed by atoms with Crippen LogP contribution >= 0.6 is 0 Å². The summed E-state index contributed by atoms with van der Waals surface area (Å²) in [7, 11) is 0. The molecule has 1 saturated heterocycles. The molecule has 0 radical (unpaired) electrons. The van der Waals surface area contributed by atoms with E-state index in [1.54, 1.807) is 29.2 Å². The van der Waals surface area contributed by atoms with E-state index in [0.29, 0.717) is 12.0 Å². The quantitative estimate of drug-likeness (QED) is 0.765. The predicted octanol–water partition coefficient (Wildman–Crippen LogP) is 3.06. The fourth-order valence-corrected chi connectivity index (χ4v) is 4.59. The molecule has 1 aliphatic carbocycles. The Hall–Kier alpha value is -3.22. The van der Waals surface area contributed by atoms with Crippen molar-refractivity contribution in [2.45, 2.75) is 44.2 Å². The fourth-order valence-electron chi connectivity index (χ4n) is 4.59. The SMILES string of the molecule is O=C(NNC(=O)C1CC2CCCCC2N1C(=O)c1ccccc1)c1ccc(F)cc1. The number of rotatable bonds is 3. The van der Waals surface area contributed by atoms with E-state index in [1.807, 2.05) is 6.07 Å². The molecular formula is C23H24FN3O3. The Morgan fingerprint density at radius 3 is 2.30 bits per heavy atom. The van der Waals surface area contributed by atoms with Gasteiger partial charge in [0, 0.05) is 17.2 Å². The van der Waals surface area contributed by atoms with Gasteiger partial charge >= 0.3 is 0 Å². The zero-order chi connectivity index (χ0) is 21.1. The van der Waals surface area contributed by atoms with Gasteiger partial charge in [-0.2, -0.15) is 0 Å². The van der Waals surface area contributed by atoms with Gasteiger partial charge in [-0.1, -0.05) is 31.0 Å². The number of hydrogen-bond acceptors (Lipinski definition) is 3. The first-order chi connectivity index (χ1) is 14.5. The van der Waals surface area contributed by atoms with Gasteiger partial charge in [-0.15, -0.1) is 0 Å². The van der Waals surface area contributed by atoms with Crippen molar-refractivity contribution in [1.29, 1.82) is 0 Å². The number of likely N-dealkylation sites (tertiary alicyclic amines) is 1. The Kier molecular flexibility index (Phi) is 5.79. The average Bonchev–Trinajstić information content (AvgIpc) is 3.17.